The molecule has 2 aliphatic carbocycles. The van der Waals surface area contributed by atoms with E-state index in [1.807, 2.05) is 42.5 Å². The van der Waals surface area contributed by atoms with Crippen LogP contribution in [0.5, 0.6) is 11.5 Å². The summed E-state index contributed by atoms with van der Waals surface area (Å²) in [6.07, 6.45) is 12.1. The highest BCUT2D eigenvalue weighted by atomic mass is 35.5. The van der Waals surface area contributed by atoms with Crippen molar-refractivity contribution in [3.63, 3.8) is 0 Å². The van der Waals surface area contributed by atoms with Crippen LogP contribution in [0.4, 0.5) is 17.1 Å². The summed E-state index contributed by atoms with van der Waals surface area (Å²) in [5, 5.41) is 16.3. The summed E-state index contributed by atoms with van der Waals surface area (Å²) in [6.45, 7) is 8.77. The molecule has 12 nitrogen and oxygen atoms in total. The molecule has 3 heterocycles. The molecule has 4 aromatic rings. The Hall–Kier alpha value is -5.21. The first-order valence-corrected chi connectivity index (χ1v) is 23.9. The van der Waals surface area contributed by atoms with Crippen molar-refractivity contribution < 1.29 is 22.9 Å². The predicted octanol–water partition coefficient (Wildman–Crippen LogP) is 9.55. The first-order chi connectivity index (χ1) is 30.2. The van der Waals surface area contributed by atoms with E-state index >= 15 is 0 Å². The number of ether oxygens (including phenoxy) is 1. The van der Waals surface area contributed by atoms with E-state index in [2.05, 4.69) is 63.8 Å². The van der Waals surface area contributed by atoms with Crippen LogP contribution in [0.3, 0.4) is 0 Å². The van der Waals surface area contributed by atoms with Gasteiger partial charge in [0.2, 0.25) is 0 Å². The molecule has 0 radical (unpaired) electrons. The molecule has 330 valence electrons. The quantitative estimate of drug-likeness (QED) is 0.105. The lowest BCUT2D eigenvalue weighted by Gasteiger charge is -2.39. The molecule has 2 N–H and O–H groups in total. The van der Waals surface area contributed by atoms with Crippen molar-refractivity contribution in [2.45, 2.75) is 88.2 Å². The number of amides is 1. The minimum atomic E-state index is -4.53. The summed E-state index contributed by atoms with van der Waals surface area (Å²) in [5.74, 6) is -0.199. The Morgan fingerprint density at radius 2 is 1.70 bits per heavy atom. The van der Waals surface area contributed by atoms with Crippen LogP contribution in [0, 0.1) is 15.5 Å². The predicted molar refractivity (Wildman–Crippen MR) is 249 cm³/mol. The first kappa shape index (κ1) is 43.1. The number of nitrogens with zero attached hydrogens (tertiary/aromatic N) is 4. The van der Waals surface area contributed by atoms with Gasteiger partial charge in [-0.05, 0) is 135 Å². The number of benzene rings is 4. The van der Waals surface area contributed by atoms with Gasteiger partial charge in [-0.1, -0.05) is 61.4 Å². The van der Waals surface area contributed by atoms with Gasteiger partial charge in [0.15, 0.2) is 0 Å². The van der Waals surface area contributed by atoms with Crippen molar-refractivity contribution in [1.29, 1.82) is 0 Å². The zero-order chi connectivity index (χ0) is 44.0. The second kappa shape index (κ2) is 17.4. The van der Waals surface area contributed by atoms with Crippen LogP contribution in [0.25, 0.3) is 11.6 Å². The van der Waals surface area contributed by atoms with Gasteiger partial charge in [0.05, 0.1) is 15.4 Å². The summed E-state index contributed by atoms with van der Waals surface area (Å²) in [5.41, 5.74) is 7.33. The fourth-order valence-corrected chi connectivity index (χ4v) is 11.3. The maximum atomic E-state index is 14.0. The molecule has 9 rings (SSSR count). The molecule has 4 aromatic carbocycles. The Morgan fingerprint density at radius 3 is 2.43 bits per heavy atom. The van der Waals surface area contributed by atoms with E-state index in [9.17, 15) is 23.3 Å². The average Bonchev–Trinajstić information content (AvgIpc) is 3.79. The van der Waals surface area contributed by atoms with E-state index in [1.54, 1.807) is 12.1 Å². The monoisotopic (exact) mass is 890 g/mol. The molecule has 5 aliphatic rings. The van der Waals surface area contributed by atoms with Crippen molar-refractivity contribution >= 4 is 56.2 Å². The molecular weight excluding hydrogens is 836 g/mol. The number of piperazine rings is 1. The Balaban J connectivity index is 0.928. The zero-order valence-corrected chi connectivity index (χ0v) is 37.7. The molecule has 3 saturated heterocycles. The lowest BCUT2D eigenvalue weighted by molar-refractivity contribution is -0.384. The number of anilines is 2. The van der Waals surface area contributed by atoms with Crippen molar-refractivity contribution in [2.75, 3.05) is 50.0 Å². The number of halogens is 1. The number of allylic oxidation sites excluding steroid dienone is 2. The van der Waals surface area contributed by atoms with Crippen LogP contribution in [-0.4, -0.2) is 86.9 Å². The maximum absolute atomic E-state index is 14.0. The Bertz CT molecular complexity index is 2590. The van der Waals surface area contributed by atoms with E-state index in [0.29, 0.717) is 17.8 Å². The molecular formula is C49H55ClN6O6S. The third kappa shape index (κ3) is 9.38. The van der Waals surface area contributed by atoms with Crippen LogP contribution in [0.1, 0.15) is 85.8 Å². The van der Waals surface area contributed by atoms with Crippen LogP contribution in [0.15, 0.2) is 95.4 Å². The average molecular weight is 892 g/mol. The summed E-state index contributed by atoms with van der Waals surface area (Å²) < 4.78 is 36.2. The SMILES string of the molecule is CN1[C@@H]2CC[C@H]1CC(Nc1ccc(S(=O)(=O)NC(=O)c3ccc(N4CCN(CC5=C(c6ccc(Cl)cc6)CC(C)(C)CC5)CC4)cc3Oc3ccc4c(c3)C=CC4)cc1[N+](=O)[O-])C2. The lowest BCUT2D eigenvalue weighted by atomic mass is 9.72. The van der Waals surface area contributed by atoms with Gasteiger partial charge in [0.25, 0.3) is 21.6 Å². The molecule has 2 bridgehead atoms. The van der Waals surface area contributed by atoms with Crippen molar-refractivity contribution in [1.82, 2.24) is 14.5 Å². The van der Waals surface area contributed by atoms with Crippen LogP contribution < -0.4 is 19.7 Å². The Kier molecular flexibility index (Phi) is 11.9. The molecule has 63 heavy (non-hydrogen) atoms. The van der Waals surface area contributed by atoms with E-state index in [4.69, 9.17) is 16.3 Å². The summed E-state index contributed by atoms with van der Waals surface area (Å²) in [6, 6.07) is 23.8. The maximum Gasteiger partial charge on any atom is 0.293 e. The summed E-state index contributed by atoms with van der Waals surface area (Å²) in [4.78, 5) is 32.5. The molecule has 0 spiro atoms. The van der Waals surface area contributed by atoms with E-state index in [1.165, 1.54) is 34.4 Å². The molecule has 3 atom stereocenters. The highest BCUT2D eigenvalue weighted by Gasteiger charge is 2.39. The first-order valence-electron chi connectivity index (χ1n) is 22.1. The number of sulfonamides is 1. The number of hydrogen-bond acceptors (Lipinski definition) is 10. The van der Waals surface area contributed by atoms with Gasteiger partial charge >= 0.3 is 0 Å². The topological polar surface area (TPSA) is 137 Å². The number of piperidine rings is 1. The lowest BCUT2D eigenvalue weighted by Crippen LogP contribution is -2.47. The highest BCUT2D eigenvalue weighted by Crippen LogP contribution is 2.44. The number of carbonyl (C=O) groups is 1. The van der Waals surface area contributed by atoms with Gasteiger partial charge < -0.3 is 19.9 Å². The zero-order valence-electron chi connectivity index (χ0n) is 36.1. The minimum Gasteiger partial charge on any atom is -0.456 e. The molecule has 14 heteroatoms. The number of nitro groups is 1. The second-order valence-corrected chi connectivity index (χ2v) is 20.8. The normalized spacial score (nSPS) is 22.2. The van der Waals surface area contributed by atoms with Gasteiger partial charge in [0, 0.05) is 73.7 Å². The molecule has 1 unspecified atom stereocenters. The molecule has 0 saturated carbocycles. The van der Waals surface area contributed by atoms with Gasteiger partial charge in [-0.15, -0.1) is 0 Å². The number of fused-ring (bicyclic) bond motifs is 3. The highest BCUT2D eigenvalue weighted by molar-refractivity contribution is 7.90. The van der Waals surface area contributed by atoms with Crippen molar-refractivity contribution in [3.05, 3.63) is 128 Å². The van der Waals surface area contributed by atoms with Crippen LogP contribution in [0.2, 0.25) is 5.02 Å². The minimum absolute atomic E-state index is 0.0172. The smallest absolute Gasteiger partial charge is 0.293 e. The Morgan fingerprint density at radius 1 is 0.952 bits per heavy atom. The summed E-state index contributed by atoms with van der Waals surface area (Å²) >= 11 is 6.25. The third-order valence-electron chi connectivity index (χ3n) is 13.9. The van der Waals surface area contributed by atoms with Crippen molar-refractivity contribution in [3.8, 4) is 11.5 Å². The van der Waals surface area contributed by atoms with E-state index in [0.717, 1.165) is 106 Å². The van der Waals surface area contributed by atoms with Gasteiger partial charge in [-0.3, -0.25) is 19.8 Å². The van der Waals surface area contributed by atoms with Gasteiger partial charge in [0.1, 0.15) is 17.2 Å². The van der Waals surface area contributed by atoms with E-state index < -0.39 is 20.9 Å². The number of hydrogen-bond donors (Lipinski definition) is 2. The molecule has 0 aromatic heterocycles. The third-order valence-corrected chi connectivity index (χ3v) is 15.5. The number of rotatable bonds is 12. The number of nitro benzene ring substituents is 1. The van der Waals surface area contributed by atoms with E-state index in [-0.39, 0.29) is 39.0 Å². The summed E-state index contributed by atoms with van der Waals surface area (Å²) in [7, 11) is -2.41. The Labute approximate surface area is 375 Å². The van der Waals surface area contributed by atoms with Gasteiger partial charge in [-0.25, -0.2) is 13.1 Å². The molecule has 3 aliphatic heterocycles. The van der Waals surface area contributed by atoms with Crippen molar-refractivity contribution in [2.24, 2.45) is 5.41 Å². The number of carbonyl (C=O) groups excluding carboxylic acids is 1. The molecule has 1 amide bonds. The van der Waals surface area contributed by atoms with Gasteiger partial charge in [-0.2, -0.15) is 0 Å². The fraction of sp³-hybridized carbons (Fsp3) is 0.408. The fourth-order valence-electron chi connectivity index (χ4n) is 10.2. The van der Waals surface area contributed by atoms with Crippen LogP contribution in [-0.2, 0) is 16.4 Å². The number of nitrogens with one attached hydrogen (secondary N) is 2. The molecule has 3 fully saturated rings. The largest absolute Gasteiger partial charge is 0.456 e. The second-order valence-electron chi connectivity index (χ2n) is 18.7. The standard InChI is InChI=1S/C49H55ClN6O6S/c1-49(2)20-19-35(44(30-49)33-7-10-36(50)11-8-33)31-54-21-23-55(24-22-54)40-14-17-43(47(28-40)62-41-15-9-32-5-4-6-34(32)25-41)48(57)52-63(60,61)42-16-18-45(46(29-42)56(58)59)51-37-26-38-12-13-39(27-37)53(38)3/h4,6-11,14-18,25,28-29,37-39,51H,5,12-13,19-24,26-27,30-31H2,1-3H3,(H,52,57)/t37?,38-,39+. The van der Waals surface area contributed by atoms with Crippen LogP contribution >= 0.6 is 11.6 Å².